The summed E-state index contributed by atoms with van der Waals surface area (Å²) in [5.74, 6) is -0.876. The van der Waals surface area contributed by atoms with Gasteiger partial charge in [-0.1, -0.05) is 323 Å². The van der Waals surface area contributed by atoms with E-state index in [2.05, 4.69) is 130 Å². The molecule has 0 aliphatic heterocycles. The van der Waals surface area contributed by atoms with Gasteiger partial charge in [-0.05, 0) is 109 Å². The van der Waals surface area contributed by atoms with Crippen molar-refractivity contribution in [3.05, 3.63) is 109 Å². The van der Waals surface area contributed by atoms with E-state index in [1.807, 2.05) is 0 Å². The molecule has 0 heterocycles. The van der Waals surface area contributed by atoms with E-state index in [-0.39, 0.29) is 31.1 Å². The number of carbonyl (C=O) groups excluding carboxylic acids is 3. The lowest BCUT2D eigenvalue weighted by Crippen LogP contribution is -2.30. The summed E-state index contributed by atoms with van der Waals surface area (Å²) < 4.78 is 16.9. The average molecular weight is 1150 g/mol. The van der Waals surface area contributed by atoms with Gasteiger partial charge in [-0.3, -0.25) is 14.4 Å². The minimum Gasteiger partial charge on any atom is -0.462 e. The van der Waals surface area contributed by atoms with Gasteiger partial charge in [0.05, 0.1) is 0 Å². The molecule has 1 unspecified atom stereocenters. The molecule has 0 spiro atoms. The van der Waals surface area contributed by atoms with Crippen molar-refractivity contribution >= 4 is 17.9 Å². The molecule has 0 aromatic carbocycles. The highest BCUT2D eigenvalue weighted by molar-refractivity contribution is 5.71. The molecular weight excluding hydrogens is 1020 g/mol. The second-order valence-corrected chi connectivity index (χ2v) is 23.4. The van der Waals surface area contributed by atoms with Crippen molar-refractivity contribution < 1.29 is 28.6 Å². The third kappa shape index (κ3) is 68.7. The first-order chi connectivity index (χ1) is 41.0. The fourth-order valence-corrected chi connectivity index (χ4v) is 9.99. The molecule has 0 rings (SSSR count). The van der Waals surface area contributed by atoms with Gasteiger partial charge >= 0.3 is 17.9 Å². The SMILES string of the molecule is CC/C=C\C/C=C\C/C=C\C/C=C\C/C=C\C/C=C\CCCCCCCCCCCCCCCCC(=O)OCC(COC(=O)CCCCCCCCCCC)OC(=O)CCCCCCCCCC/C=C\C/C=C\C/C=C\CCCCCCC. The molecule has 83 heavy (non-hydrogen) atoms. The van der Waals surface area contributed by atoms with Crippen molar-refractivity contribution in [2.24, 2.45) is 0 Å². The summed E-state index contributed by atoms with van der Waals surface area (Å²) in [5.41, 5.74) is 0. The standard InChI is InChI=1S/C77H132O6/c1-4-7-10-13-16-19-21-23-25-27-29-31-33-34-35-36-37-38-39-40-41-42-44-45-47-49-51-53-55-58-61-64-67-70-76(79)82-73-74(72-81-75(78)69-66-63-60-57-18-15-12-9-6-3)83-77(80)71-68-65-62-59-56-54-52-50-48-46-43-32-30-28-26-24-22-20-17-14-11-8-5-2/h7,10,16,19,22-25,28-31,34-35,37-38,43,46,74H,4-6,8-9,11-15,17-18,20-21,26-27,32-33,36,39-42,44-45,47-73H2,1-3H3/b10-7-,19-16-,24-22-,25-23-,30-28-,31-29-,35-34-,38-37-,46-43-. The van der Waals surface area contributed by atoms with Gasteiger partial charge in [0.1, 0.15) is 13.2 Å². The van der Waals surface area contributed by atoms with Gasteiger partial charge in [-0.15, -0.1) is 0 Å². The van der Waals surface area contributed by atoms with Gasteiger partial charge in [0.2, 0.25) is 0 Å². The lowest BCUT2D eigenvalue weighted by Gasteiger charge is -2.18. The van der Waals surface area contributed by atoms with Crippen molar-refractivity contribution in [1.82, 2.24) is 0 Å². The number of esters is 3. The number of hydrogen-bond donors (Lipinski definition) is 0. The van der Waals surface area contributed by atoms with E-state index in [0.29, 0.717) is 19.3 Å². The molecule has 0 radical (unpaired) electrons. The van der Waals surface area contributed by atoms with Crippen LogP contribution in [-0.4, -0.2) is 37.2 Å². The first kappa shape index (κ1) is 79.1. The highest BCUT2D eigenvalue weighted by atomic mass is 16.6. The van der Waals surface area contributed by atoms with E-state index in [1.165, 1.54) is 186 Å². The fraction of sp³-hybridized carbons (Fsp3) is 0.727. The highest BCUT2D eigenvalue weighted by Gasteiger charge is 2.19. The first-order valence-electron chi connectivity index (χ1n) is 35.4. The number of rotatable bonds is 64. The van der Waals surface area contributed by atoms with Crippen LogP contribution in [0.1, 0.15) is 342 Å². The molecule has 6 nitrogen and oxygen atoms in total. The molecule has 0 aromatic rings. The van der Waals surface area contributed by atoms with Crippen LogP contribution in [0.15, 0.2) is 109 Å². The Labute approximate surface area is 514 Å². The Balaban J connectivity index is 4.15. The number of allylic oxidation sites excluding steroid dienone is 18. The van der Waals surface area contributed by atoms with Crippen LogP contribution in [-0.2, 0) is 28.6 Å². The van der Waals surface area contributed by atoms with E-state index in [1.54, 1.807) is 0 Å². The molecule has 0 aliphatic rings. The molecule has 6 heteroatoms. The molecule has 0 saturated heterocycles. The number of carbonyl (C=O) groups is 3. The van der Waals surface area contributed by atoms with Crippen LogP contribution in [0.5, 0.6) is 0 Å². The van der Waals surface area contributed by atoms with Crippen LogP contribution in [0.4, 0.5) is 0 Å². The topological polar surface area (TPSA) is 78.9 Å². The lowest BCUT2D eigenvalue weighted by molar-refractivity contribution is -0.167. The molecule has 476 valence electrons. The number of hydrogen-bond acceptors (Lipinski definition) is 6. The van der Waals surface area contributed by atoms with Gasteiger partial charge in [-0.25, -0.2) is 0 Å². The quantitative estimate of drug-likeness (QED) is 0.0261. The Morgan fingerprint density at radius 2 is 0.470 bits per heavy atom. The molecule has 0 N–H and O–H groups in total. The summed E-state index contributed by atoms with van der Waals surface area (Å²) in [6, 6.07) is 0. The van der Waals surface area contributed by atoms with Crippen LogP contribution in [0.3, 0.4) is 0 Å². The maximum Gasteiger partial charge on any atom is 0.306 e. The molecule has 0 saturated carbocycles. The largest absolute Gasteiger partial charge is 0.462 e. The van der Waals surface area contributed by atoms with Crippen molar-refractivity contribution in [3.63, 3.8) is 0 Å². The smallest absolute Gasteiger partial charge is 0.306 e. The monoisotopic (exact) mass is 1150 g/mol. The number of ether oxygens (including phenoxy) is 3. The van der Waals surface area contributed by atoms with Gasteiger partial charge in [0.15, 0.2) is 6.10 Å². The molecule has 0 amide bonds. The van der Waals surface area contributed by atoms with Crippen LogP contribution in [0, 0.1) is 0 Å². The average Bonchev–Trinajstić information content (AvgIpc) is 3.49. The van der Waals surface area contributed by atoms with Crippen molar-refractivity contribution in [2.75, 3.05) is 13.2 Å². The Morgan fingerprint density at radius 1 is 0.253 bits per heavy atom. The molecule has 0 aliphatic carbocycles. The Bertz CT molecular complexity index is 1660. The van der Waals surface area contributed by atoms with Gasteiger partial charge < -0.3 is 14.2 Å². The zero-order valence-electron chi connectivity index (χ0n) is 54.7. The molecular formula is C77H132O6. The number of unbranched alkanes of at least 4 members (excludes halogenated alkanes) is 35. The van der Waals surface area contributed by atoms with Crippen LogP contribution in [0.25, 0.3) is 0 Å². The summed E-state index contributed by atoms with van der Waals surface area (Å²) in [7, 11) is 0. The minimum absolute atomic E-state index is 0.0777. The van der Waals surface area contributed by atoms with Gasteiger partial charge in [0, 0.05) is 19.3 Å². The summed E-state index contributed by atoms with van der Waals surface area (Å²) >= 11 is 0. The first-order valence-corrected chi connectivity index (χ1v) is 35.4. The Kier molecular flexibility index (Phi) is 67.2. The van der Waals surface area contributed by atoms with Crippen molar-refractivity contribution in [2.45, 2.75) is 348 Å². The van der Waals surface area contributed by atoms with E-state index in [9.17, 15) is 14.4 Å². The van der Waals surface area contributed by atoms with Gasteiger partial charge in [-0.2, -0.15) is 0 Å². The minimum atomic E-state index is -0.781. The zero-order chi connectivity index (χ0) is 59.9. The molecule has 0 aromatic heterocycles. The highest BCUT2D eigenvalue weighted by Crippen LogP contribution is 2.17. The second kappa shape index (κ2) is 70.6. The Hall–Kier alpha value is -3.93. The zero-order valence-corrected chi connectivity index (χ0v) is 54.7. The van der Waals surface area contributed by atoms with Crippen LogP contribution >= 0.6 is 0 Å². The normalized spacial score (nSPS) is 12.8. The second-order valence-electron chi connectivity index (χ2n) is 23.4. The summed E-state index contributed by atoms with van der Waals surface area (Å²) in [5, 5.41) is 0. The molecule has 0 bridgehead atoms. The predicted molar refractivity (Wildman–Crippen MR) is 362 cm³/mol. The molecule has 0 fully saturated rings. The maximum atomic E-state index is 12.9. The Morgan fingerprint density at radius 3 is 0.735 bits per heavy atom. The van der Waals surface area contributed by atoms with E-state index in [0.717, 1.165) is 116 Å². The third-order valence-electron chi connectivity index (χ3n) is 15.3. The van der Waals surface area contributed by atoms with E-state index < -0.39 is 6.10 Å². The van der Waals surface area contributed by atoms with Crippen molar-refractivity contribution in [1.29, 1.82) is 0 Å². The lowest BCUT2D eigenvalue weighted by atomic mass is 10.0. The molecule has 1 atom stereocenters. The van der Waals surface area contributed by atoms with E-state index >= 15 is 0 Å². The summed E-state index contributed by atoms with van der Waals surface area (Å²) in [4.78, 5) is 38.3. The van der Waals surface area contributed by atoms with Gasteiger partial charge in [0.25, 0.3) is 0 Å². The predicted octanol–water partition coefficient (Wildman–Crippen LogP) is 24.6. The van der Waals surface area contributed by atoms with E-state index in [4.69, 9.17) is 14.2 Å². The fourth-order valence-electron chi connectivity index (χ4n) is 9.99. The maximum absolute atomic E-state index is 12.9. The van der Waals surface area contributed by atoms with Crippen molar-refractivity contribution in [3.8, 4) is 0 Å². The summed E-state index contributed by atoms with van der Waals surface area (Å²) in [6.45, 7) is 6.52. The van der Waals surface area contributed by atoms with Crippen LogP contribution in [0.2, 0.25) is 0 Å². The van der Waals surface area contributed by atoms with Crippen LogP contribution < -0.4 is 0 Å². The summed E-state index contributed by atoms with van der Waals surface area (Å²) in [6.07, 6.45) is 97.0. The third-order valence-corrected chi connectivity index (χ3v) is 15.3.